The minimum atomic E-state index is -0.286. The Kier molecular flexibility index (Phi) is 2.59. The number of ketones is 1. The molecule has 1 spiro atoms. The van der Waals surface area contributed by atoms with Gasteiger partial charge < -0.3 is 4.74 Å². The van der Waals surface area contributed by atoms with Crippen LogP contribution in [0, 0.1) is 17.3 Å². The highest BCUT2D eigenvalue weighted by Crippen LogP contribution is 2.63. The van der Waals surface area contributed by atoms with Crippen LogP contribution in [0.5, 0.6) is 0 Å². The number of allylic oxidation sites excluding steroid dienone is 3. The molecule has 112 valence electrons. The van der Waals surface area contributed by atoms with Crippen LogP contribution in [0.3, 0.4) is 0 Å². The molecule has 0 N–H and O–H groups in total. The summed E-state index contributed by atoms with van der Waals surface area (Å²) in [7, 11) is 0. The van der Waals surface area contributed by atoms with Gasteiger partial charge in [0.1, 0.15) is 5.60 Å². The number of hydrogen-bond donors (Lipinski definition) is 0. The summed E-state index contributed by atoms with van der Waals surface area (Å²) in [5.41, 5.74) is 1.85. The van der Waals surface area contributed by atoms with E-state index in [1.165, 1.54) is 5.57 Å². The third-order valence-electron chi connectivity index (χ3n) is 6.68. The van der Waals surface area contributed by atoms with E-state index in [0.29, 0.717) is 30.5 Å². The molecule has 0 unspecified atom stereocenters. The molecule has 2 fully saturated rings. The molecular weight excluding hydrogens is 264 g/mol. The molecule has 0 aromatic heterocycles. The van der Waals surface area contributed by atoms with Crippen LogP contribution in [0.15, 0.2) is 23.3 Å². The molecule has 4 rings (SSSR count). The maximum Gasteiger partial charge on any atom is 0.306 e. The highest BCUT2D eigenvalue weighted by Gasteiger charge is 2.63. The lowest BCUT2D eigenvalue weighted by Crippen LogP contribution is -2.47. The number of ether oxygens (including phenoxy) is 1. The van der Waals surface area contributed by atoms with Crippen LogP contribution in [0.1, 0.15) is 52.4 Å². The molecule has 3 heteroatoms. The molecule has 21 heavy (non-hydrogen) atoms. The molecule has 0 bridgehead atoms. The molecule has 1 heterocycles. The van der Waals surface area contributed by atoms with Crippen LogP contribution >= 0.6 is 0 Å². The second-order valence-corrected chi connectivity index (χ2v) is 7.38. The van der Waals surface area contributed by atoms with Gasteiger partial charge in [-0.1, -0.05) is 19.1 Å². The van der Waals surface area contributed by atoms with E-state index in [0.717, 1.165) is 31.3 Å². The monoisotopic (exact) mass is 286 g/mol. The number of Topliss-reactive ketones (excluding diaryl/α,β-unsaturated/α-hetero) is 1. The zero-order valence-electron chi connectivity index (χ0n) is 12.8. The Morgan fingerprint density at radius 2 is 2.00 bits per heavy atom. The Bertz CT molecular complexity index is 600. The maximum absolute atomic E-state index is 12.0. The number of rotatable bonds is 0. The molecule has 4 aliphatic rings. The zero-order valence-corrected chi connectivity index (χ0v) is 12.8. The normalized spacial score (nSPS) is 45.0. The Hall–Kier alpha value is -1.38. The van der Waals surface area contributed by atoms with E-state index in [9.17, 15) is 9.59 Å². The number of fused-ring (bicyclic) bond motifs is 4. The molecule has 3 nitrogen and oxygen atoms in total. The van der Waals surface area contributed by atoms with Crippen molar-refractivity contribution in [1.29, 1.82) is 0 Å². The Morgan fingerprint density at radius 1 is 1.19 bits per heavy atom. The highest BCUT2D eigenvalue weighted by molar-refractivity contribution is 5.97. The van der Waals surface area contributed by atoms with E-state index < -0.39 is 0 Å². The fourth-order valence-electron chi connectivity index (χ4n) is 5.37. The second-order valence-electron chi connectivity index (χ2n) is 7.38. The van der Waals surface area contributed by atoms with Crippen molar-refractivity contribution in [2.45, 2.75) is 58.0 Å². The molecule has 0 aromatic carbocycles. The van der Waals surface area contributed by atoms with Crippen LogP contribution in [0.4, 0.5) is 0 Å². The van der Waals surface area contributed by atoms with Gasteiger partial charge in [0, 0.05) is 18.3 Å². The largest absolute Gasteiger partial charge is 0.458 e. The Labute approximate surface area is 125 Å². The first-order valence-corrected chi connectivity index (χ1v) is 8.12. The summed E-state index contributed by atoms with van der Waals surface area (Å²) in [6.45, 7) is 4.24. The summed E-state index contributed by atoms with van der Waals surface area (Å²) >= 11 is 0. The van der Waals surface area contributed by atoms with Crippen molar-refractivity contribution >= 4 is 11.8 Å². The standard InChI is InChI=1S/C18H22O3/c1-11-12-5-8-17(2)14(13(12)3-4-15(11)19)6-9-18(17)10-7-16(20)21-18/h5,8,13-14H,3-4,6-7,9-10H2,1-2H3/t13-,14+,17+,18-/m1/s1. The first-order valence-electron chi connectivity index (χ1n) is 8.12. The van der Waals surface area contributed by atoms with E-state index in [4.69, 9.17) is 4.74 Å². The van der Waals surface area contributed by atoms with Gasteiger partial charge >= 0.3 is 5.97 Å². The fourth-order valence-corrected chi connectivity index (χ4v) is 5.37. The van der Waals surface area contributed by atoms with Crippen LogP contribution in [-0.4, -0.2) is 17.4 Å². The molecular formula is C18H22O3. The summed E-state index contributed by atoms with van der Waals surface area (Å²) in [5, 5.41) is 0. The van der Waals surface area contributed by atoms with Gasteiger partial charge in [0.05, 0.1) is 0 Å². The van der Waals surface area contributed by atoms with E-state index >= 15 is 0 Å². The quantitative estimate of drug-likeness (QED) is 0.641. The predicted molar refractivity (Wildman–Crippen MR) is 78.5 cm³/mol. The average molecular weight is 286 g/mol. The third kappa shape index (κ3) is 1.55. The lowest BCUT2D eigenvalue weighted by Gasteiger charge is -2.47. The first kappa shape index (κ1) is 13.3. The molecule has 0 aromatic rings. The molecule has 3 aliphatic carbocycles. The van der Waals surface area contributed by atoms with Crippen LogP contribution in [0.25, 0.3) is 0 Å². The molecule has 1 aliphatic heterocycles. The average Bonchev–Trinajstić information content (AvgIpc) is 2.97. The van der Waals surface area contributed by atoms with Crippen LogP contribution in [0.2, 0.25) is 0 Å². The predicted octanol–water partition coefficient (Wildman–Crippen LogP) is 3.34. The zero-order chi connectivity index (χ0) is 14.8. The number of carbonyl (C=O) groups is 2. The van der Waals surface area contributed by atoms with Crippen molar-refractivity contribution in [1.82, 2.24) is 0 Å². The van der Waals surface area contributed by atoms with Gasteiger partial charge in [-0.05, 0) is 55.6 Å². The smallest absolute Gasteiger partial charge is 0.306 e. The molecule has 1 saturated heterocycles. The molecule has 1 saturated carbocycles. The Morgan fingerprint density at radius 3 is 2.71 bits per heavy atom. The lowest BCUT2D eigenvalue weighted by molar-refractivity contribution is -0.156. The van der Waals surface area contributed by atoms with E-state index in [2.05, 4.69) is 19.1 Å². The summed E-state index contributed by atoms with van der Waals surface area (Å²) in [6.07, 6.45) is 9.52. The third-order valence-corrected chi connectivity index (χ3v) is 6.68. The fraction of sp³-hybridized carbons (Fsp3) is 0.667. The Balaban J connectivity index is 1.80. The minimum absolute atomic E-state index is 0.0402. The number of hydrogen-bond acceptors (Lipinski definition) is 3. The van der Waals surface area contributed by atoms with Crippen LogP contribution < -0.4 is 0 Å². The van der Waals surface area contributed by atoms with Gasteiger partial charge in [-0.25, -0.2) is 0 Å². The molecule has 4 atom stereocenters. The SMILES string of the molecule is CC1=C2C=C[C@@]3(C)[C@@H](CC[C@@]34CCC(=O)O4)[C@@H]2CCC1=O. The summed E-state index contributed by atoms with van der Waals surface area (Å²) < 4.78 is 5.84. The van der Waals surface area contributed by atoms with E-state index in [-0.39, 0.29) is 17.0 Å². The second kappa shape index (κ2) is 4.08. The van der Waals surface area contributed by atoms with Gasteiger partial charge in [0.15, 0.2) is 5.78 Å². The van der Waals surface area contributed by atoms with Crippen molar-refractivity contribution < 1.29 is 14.3 Å². The van der Waals surface area contributed by atoms with Crippen molar-refractivity contribution in [3.8, 4) is 0 Å². The van der Waals surface area contributed by atoms with Gasteiger partial charge in [-0.15, -0.1) is 0 Å². The van der Waals surface area contributed by atoms with Crippen molar-refractivity contribution in [3.05, 3.63) is 23.3 Å². The summed E-state index contributed by atoms with van der Waals surface area (Å²) in [4.78, 5) is 23.7. The summed E-state index contributed by atoms with van der Waals surface area (Å²) in [6, 6.07) is 0. The first-order chi connectivity index (χ1) is 9.97. The number of esters is 1. The highest BCUT2D eigenvalue weighted by atomic mass is 16.6. The van der Waals surface area contributed by atoms with E-state index in [1.54, 1.807) is 0 Å². The summed E-state index contributed by atoms with van der Waals surface area (Å²) in [5.74, 6) is 1.24. The lowest BCUT2D eigenvalue weighted by atomic mass is 9.59. The maximum atomic E-state index is 12.0. The van der Waals surface area contributed by atoms with Gasteiger partial charge in [-0.2, -0.15) is 0 Å². The van der Waals surface area contributed by atoms with Crippen molar-refractivity contribution in [2.75, 3.05) is 0 Å². The molecule has 0 amide bonds. The van der Waals surface area contributed by atoms with Crippen LogP contribution in [-0.2, 0) is 14.3 Å². The van der Waals surface area contributed by atoms with E-state index in [1.807, 2.05) is 6.92 Å². The minimum Gasteiger partial charge on any atom is -0.458 e. The van der Waals surface area contributed by atoms with Gasteiger partial charge in [-0.3, -0.25) is 9.59 Å². The molecule has 0 radical (unpaired) electrons. The number of carbonyl (C=O) groups excluding carboxylic acids is 2. The van der Waals surface area contributed by atoms with Gasteiger partial charge in [0.25, 0.3) is 0 Å². The van der Waals surface area contributed by atoms with Crippen molar-refractivity contribution in [3.63, 3.8) is 0 Å². The topological polar surface area (TPSA) is 43.4 Å². The van der Waals surface area contributed by atoms with Crippen molar-refractivity contribution in [2.24, 2.45) is 17.3 Å². The van der Waals surface area contributed by atoms with Gasteiger partial charge in [0.2, 0.25) is 0 Å².